The molecule has 0 aromatic heterocycles. The second-order valence-electron chi connectivity index (χ2n) is 12.3. The van der Waals surface area contributed by atoms with E-state index in [-0.39, 0.29) is 18.1 Å². The van der Waals surface area contributed by atoms with Crippen molar-refractivity contribution in [2.24, 2.45) is 17.8 Å². The van der Waals surface area contributed by atoms with E-state index in [4.69, 9.17) is 4.74 Å². The number of ether oxygens (including phenoxy) is 1. The van der Waals surface area contributed by atoms with Crippen LogP contribution in [0.5, 0.6) is 0 Å². The first-order chi connectivity index (χ1) is 16.4. The SMILES string of the molecule is C[CH-]CCCC(C)(O)CCCC(C)(O)CCCC(C)CCC1=CC(O)C(C)C(C)C1OCCCC. The van der Waals surface area contributed by atoms with Gasteiger partial charge in [0, 0.05) is 6.61 Å². The highest BCUT2D eigenvalue weighted by Crippen LogP contribution is 2.35. The lowest BCUT2D eigenvalue weighted by Crippen LogP contribution is -2.39. The second-order valence-corrected chi connectivity index (χ2v) is 12.3. The van der Waals surface area contributed by atoms with Crippen LogP contribution in [0.15, 0.2) is 11.6 Å². The quantitative estimate of drug-likeness (QED) is 0.0992. The van der Waals surface area contributed by atoms with Gasteiger partial charge in [0.25, 0.3) is 0 Å². The molecule has 0 saturated heterocycles. The Hall–Kier alpha value is -0.420. The molecular formula is C31H59O4-. The van der Waals surface area contributed by atoms with E-state index in [0.717, 1.165) is 90.1 Å². The van der Waals surface area contributed by atoms with Crippen LogP contribution in [0.3, 0.4) is 0 Å². The van der Waals surface area contributed by atoms with Crippen LogP contribution in [0.25, 0.3) is 0 Å². The summed E-state index contributed by atoms with van der Waals surface area (Å²) in [6, 6.07) is 0. The third kappa shape index (κ3) is 13.1. The van der Waals surface area contributed by atoms with Crippen molar-refractivity contribution in [1.82, 2.24) is 0 Å². The molecule has 0 amide bonds. The Balaban J connectivity index is 2.40. The van der Waals surface area contributed by atoms with Crippen LogP contribution in [-0.4, -0.2) is 45.3 Å². The fourth-order valence-electron chi connectivity index (χ4n) is 5.41. The van der Waals surface area contributed by atoms with Gasteiger partial charge in [-0.25, -0.2) is 0 Å². The highest BCUT2D eigenvalue weighted by atomic mass is 16.5. The van der Waals surface area contributed by atoms with Gasteiger partial charge in [-0.2, -0.15) is 13.3 Å². The highest BCUT2D eigenvalue weighted by molar-refractivity contribution is 5.18. The Kier molecular flexibility index (Phi) is 15.3. The van der Waals surface area contributed by atoms with E-state index in [1.165, 1.54) is 5.57 Å². The van der Waals surface area contributed by atoms with Crippen molar-refractivity contribution in [1.29, 1.82) is 0 Å². The third-order valence-electron chi connectivity index (χ3n) is 8.37. The van der Waals surface area contributed by atoms with Gasteiger partial charge in [-0.05, 0) is 88.5 Å². The van der Waals surface area contributed by atoms with Gasteiger partial charge in [-0.1, -0.05) is 59.5 Å². The molecule has 0 heterocycles. The van der Waals surface area contributed by atoms with Crippen LogP contribution >= 0.6 is 0 Å². The van der Waals surface area contributed by atoms with E-state index in [1.807, 2.05) is 13.8 Å². The predicted molar refractivity (Wildman–Crippen MR) is 148 cm³/mol. The number of hydrogen-bond donors (Lipinski definition) is 3. The first-order valence-electron chi connectivity index (χ1n) is 14.6. The zero-order chi connectivity index (χ0) is 26.5. The average molecular weight is 496 g/mol. The molecule has 1 aliphatic carbocycles. The van der Waals surface area contributed by atoms with Crippen molar-refractivity contribution in [3.8, 4) is 0 Å². The van der Waals surface area contributed by atoms with Crippen LogP contribution < -0.4 is 0 Å². The third-order valence-corrected chi connectivity index (χ3v) is 8.37. The van der Waals surface area contributed by atoms with Crippen LogP contribution in [0.4, 0.5) is 0 Å². The van der Waals surface area contributed by atoms with Gasteiger partial charge < -0.3 is 26.5 Å². The van der Waals surface area contributed by atoms with Crippen molar-refractivity contribution in [3.05, 3.63) is 18.1 Å². The zero-order valence-corrected chi connectivity index (χ0v) is 24.2. The fraction of sp³-hybridized carbons (Fsp3) is 0.903. The second kappa shape index (κ2) is 16.4. The molecule has 0 spiro atoms. The molecule has 4 heteroatoms. The van der Waals surface area contributed by atoms with Crippen LogP contribution in [0.2, 0.25) is 0 Å². The minimum atomic E-state index is -0.660. The summed E-state index contributed by atoms with van der Waals surface area (Å²) < 4.78 is 6.28. The van der Waals surface area contributed by atoms with Crippen molar-refractivity contribution in [2.45, 2.75) is 155 Å². The first-order valence-corrected chi connectivity index (χ1v) is 14.6. The van der Waals surface area contributed by atoms with Crippen molar-refractivity contribution in [3.63, 3.8) is 0 Å². The number of aliphatic hydroxyl groups is 3. The first kappa shape index (κ1) is 32.6. The summed E-state index contributed by atoms with van der Waals surface area (Å²) in [5.74, 6) is 1.13. The van der Waals surface area contributed by atoms with E-state index < -0.39 is 11.2 Å². The fourth-order valence-corrected chi connectivity index (χ4v) is 5.41. The molecule has 0 saturated carbocycles. The zero-order valence-electron chi connectivity index (χ0n) is 24.2. The predicted octanol–water partition coefficient (Wildman–Crippen LogP) is 7.40. The molecule has 4 nitrogen and oxygen atoms in total. The lowest BCUT2D eigenvalue weighted by molar-refractivity contribution is -0.0123. The summed E-state index contributed by atoms with van der Waals surface area (Å²) in [5, 5.41) is 31.9. The topological polar surface area (TPSA) is 69.9 Å². The molecule has 0 fully saturated rings. The minimum absolute atomic E-state index is 0.130. The van der Waals surface area contributed by atoms with Gasteiger partial charge in [0.1, 0.15) is 0 Å². The number of rotatable bonds is 19. The molecule has 7 unspecified atom stereocenters. The lowest BCUT2D eigenvalue weighted by atomic mass is 9.76. The van der Waals surface area contributed by atoms with Crippen molar-refractivity contribution in [2.75, 3.05) is 6.61 Å². The Morgan fingerprint density at radius 1 is 0.943 bits per heavy atom. The monoisotopic (exact) mass is 495 g/mol. The van der Waals surface area contributed by atoms with E-state index in [0.29, 0.717) is 11.8 Å². The summed E-state index contributed by atoms with van der Waals surface area (Å²) in [6.07, 6.45) is 16.4. The summed E-state index contributed by atoms with van der Waals surface area (Å²) in [6.45, 7) is 15.6. The summed E-state index contributed by atoms with van der Waals surface area (Å²) >= 11 is 0. The number of hydrogen-bond acceptors (Lipinski definition) is 4. The Labute approximate surface area is 217 Å². The molecule has 0 radical (unpaired) electrons. The Morgan fingerprint density at radius 2 is 1.54 bits per heavy atom. The maximum atomic E-state index is 10.9. The number of aliphatic hydroxyl groups excluding tert-OH is 1. The Bertz CT molecular complexity index is 583. The summed E-state index contributed by atoms with van der Waals surface area (Å²) in [5.41, 5.74) is -0.00300. The molecule has 0 aromatic rings. The molecule has 7 atom stereocenters. The average Bonchev–Trinajstić information content (AvgIpc) is 2.77. The molecule has 0 aromatic carbocycles. The van der Waals surface area contributed by atoms with Gasteiger partial charge in [0.05, 0.1) is 23.4 Å². The van der Waals surface area contributed by atoms with Gasteiger partial charge in [0.2, 0.25) is 0 Å². The van der Waals surface area contributed by atoms with Gasteiger partial charge in [-0.15, -0.1) is 0 Å². The molecule has 3 N–H and O–H groups in total. The van der Waals surface area contributed by atoms with E-state index in [2.05, 4.69) is 47.1 Å². The normalized spacial score (nSPS) is 27.2. The molecule has 1 aliphatic rings. The van der Waals surface area contributed by atoms with Crippen LogP contribution in [0.1, 0.15) is 132 Å². The maximum Gasteiger partial charge on any atom is 0.0815 e. The summed E-state index contributed by atoms with van der Waals surface area (Å²) in [7, 11) is 0. The highest BCUT2D eigenvalue weighted by Gasteiger charge is 2.34. The van der Waals surface area contributed by atoms with Gasteiger partial charge >= 0.3 is 0 Å². The smallest absolute Gasteiger partial charge is 0.0815 e. The van der Waals surface area contributed by atoms with Crippen molar-refractivity contribution < 1.29 is 20.1 Å². The van der Waals surface area contributed by atoms with Gasteiger partial charge in [-0.3, -0.25) is 0 Å². The van der Waals surface area contributed by atoms with Gasteiger partial charge in [0.15, 0.2) is 0 Å². The molecule has 1 rings (SSSR count). The van der Waals surface area contributed by atoms with Crippen molar-refractivity contribution >= 4 is 0 Å². The molecule has 0 bridgehead atoms. The number of unbranched alkanes of at least 4 members (excludes halogenated alkanes) is 3. The molecular weight excluding hydrogens is 436 g/mol. The molecule has 208 valence electrons. The van der Waals surface area contributed by atoms with E-state index in [9.17, 15) is 15.3 Å². The maximum absolute atomic E-state index is 10.9. The van der Waals surface area contributed by atoms with Crippen LogP contribution in [0, 0.1) is 24.2 Å². The summed E-state index contributed by atoms with van der Waals surface area (Å²) in [4.78, 5) is 0. The van der Waals surface area contributed by atoms with E-state index in [1.54, 1.807) is 0 Å². The lowest BCUT2D eigenvalue weighted by Gasteiger charge is -2.38. The molecule has 0 aliphatic heterocycles. The largest absolute Gasteiger partial charge is 0.390 e. The minimum Gasteiger partial charge on any atom is -0.390 e. The van der Waals surface area contributed by atoms with Crippen LogP contribution in [-0.2, 0) is 4.74 Å². The standard InChI is InChI=1S/C31H59O4/c1-8-10-12-18-30(6,33)20-14-21-31(7,34)19-13-15-24(3)16-17-27-23-28(32)25(4)26(5)29(27)35-22-11-9-2/h8,23-26,28-29,32-34H,9-22H2,1-7H3/q-1. The Morgan fingerprint density at radius 3 is 2.14 bits per heavy atom. The van der Waals surface area contributed by atoms with E-state index >= 15 is 0 Å². The molecule has 35 heavy (non-hydrogen) atoms.